The first-order chi connectivity index (χ1) is 13.7. The van der Waals surface area contributed by atoms with Crippen LogP contribution in [0.3, 0.4) is 0 Å². The second-order valence-electron chi connectivity index (χ2n) is 5.78. The molecule has 29 heavy (non-hydrogen) atoms. The number of alkyl halides is 2. The second kappa shape index (κ2) is 9.52. The molecular weight excluding hydrogens is 410 g/mol. The van der Waals surface area contributed by atoms with Crippen LogP contribution in [-0.2, 0) is 16.4 Å². The van der Waals surface area contributed by atoms with Gasteiger partial charge in [0.15, 0.2) is 11.5 Å². The highest BCUT2D eigenvalue weighted by atomic mass is 32.2. The Hall–Kier alpha value is -2.92. The molecule has 2 rings (SSSR count). The van der Waals surface area contributed by atoms with E-state index in [0.29, 0.717) is 12.0 Å². The zero-order chi connectivity index (χ0) is 21.6. The number of halogens is 2. The standard InChI is InChI=1S/C18H20F2N2O6S/c1-26-14-6-4-12(29(21,24)25)10-13(14)17(23)22-8-7-11-3-5-15(28-18(19)20)16(9-11)27-2/h3-6,9-10,18H,7-8H2,1-2H3,(H,22,23)(H2,21,24,25). The third kappa shape index (κ3) is 6.03. The predicted octanol–water partition coefficient (Wildman–Crippen LogP) is 1.93. The van der Waals surface area contributed by atoms with Crippen molar-refractivity contribution in [3.05, 3.63) is 47.5 Å². The number of nitrogens with two attached hydrogens (primary N) is 1. The lowest BCUT2D eigenvalue weighted by Crippen LogP contribution is -2.26. The fraction of sp³-hybridized carbons (Fsp3) is 0.278. The zero-order valence-electron chi connectivity index (χ0n) is 15.6. The van der Waals surface area contributed by atoms with Crippen LogP contribution < -0.4 is 24.7 Å². The molecular formula is C18H20F2N2O6S. The molecule has 0 aromatic heterocycles. The van der Waals surface area contributed by atoms with Gasteiger partial charge in [-0.05, 0) is 42.3 Å². The molecule has 8 nitrogen and oxygen atoms in total. The number of ether oxygens (including phenoxy) is 3. The van der Waals surface area contributed by atoms with Crippen LogP contribution in [0.1, 0.15) is 15.9 Å². The molecule has 2 aromatic rings. The molecule has 0 saturated heterocycles. The molecule has 11 heteroatoms. The molecule has 2 aromatic carbocycles. The Labute approximate surface area is 166 Å². The summed E-state index contributed by atoms with van der Waals surface area (Å²) in [5, 5.41) is 7.73. The number of benzene rings is 2. The van der Waals surface area contributed by atoms with Gasteiger partial charge >= 0.3 is 6.61 Å². The van der Waals surface area contributed by atoms with Crippen LogP contribution in [0.15, 0.2) is 41.3 Å². The van der Waals surface area contributed by atoms with Crippen LogP contribution in [-0.4, -0.2) is 41.7 Å². The van der Waals surface area contributed by atoms with Crippen molar-refractivity contribution in [2.24, 2.45) is 5.14 Å². The Kier molecular flexibility index (Phi) is 7.35. The van der Waals surface area contributed by atoms with Crippen molar-refractivity contribution in [1.82, 2.24) is 5.32 Å². The van der Waals surface area contributed by atoms with Crippen LogP contribution in [0.5, 0.6) is 17.2 Å². The van der Waals surface area contributed by atoms with Crippen molar-refractivity contribution in [1.29, 1.82) is 0 Å². The van der Waals surface area contributed by atoms with E-state index in [1.54, 1.807) is 6.07 Å². The monoisotopic (exact) mass is 430 g/mol. The van der Waals surface area contributed by atoms with Crippen LogP contribution in [0.2, 0.25) is 0 Å². The Bertz CT molecular complexity index is 982. The highest BCUT2D eigenvalue weighted by Crippen LogP contribution is 2.29. The highest BCUT2D eigenvalue weighted by molar-refractivity contribution is 7.89. The van der Waals surface area contributed by atoms with E-state index in [-0.39, 0.29) is 34.3 Å². The molecule has 0 heterocycles. The van der Waals surface area contributed by atoms with Crippen molar-refractivity contribution in [3.63, 3.8) is 0 Å². The maximum absolute atomic E-state index is 12.4. The SMILES string of the molecule is COc1cc(CCNC(=O)c2cc(S(N)(=O)=O)ccc2OC)ccc1OC(F)F. The van der Waals surface area contributed by atoms with Gasteiger partial charge in [0.05, 0.1) is 24.7 Å². The van der Waals surface area contributed by atoms with Gasteiger partial charge in [0.1, 0.15) is 5.75 Å². The average molecular weight is 430 g/mol. The van der Waals surface area contributed by atoms with E-state index in [9.17, 15) is 22.0 Å². The number of rotatable bonds is 9. The van der Waals surface area contributed by atoms with Crippen molar-refractivity contribution >= 4 is 15.9 Å². The first kappa shape index (κ1) is 22.4. The maximum Gasteiger partial charge on any atom is 0.387 e. The van der Waals surface area contributed by atoms with E-state index in [2.05, 4.69) is 10.1 Å². The van der Waals surface area contributed by atoms with E-state index in [4.69, 9.17) is 14.6 Å². The van der Waals surface area contributed by atoms with Gasteiger partial charge in [-0.2, -0.15) is 8.78 Å². The maximum atomic E-state index is 12.4. The van der Waals surface area contributed by atoms with Crippen molar-refractivity contribution in [3.8, 4) is 17.2 Å². The predicted molar refractivity (Wildman–Crippen MR) is 100 cm³/mol. The minimum atomic E-state index is -3.98. The van der Waals surface area contributed by atoms with Crippen LogP contribution in [0, 0.1) is 0 Å². The molecule has 0 aliphatic rings. The lowest BCUT2D eigenvalue weighted by molar-refractivity contribution is -0.0512. The van der Waals surface area contributed by atoms with E-state index in [0.717, 1.165) is 6.07 Å². The summed E-state index contributed by atoms with van der Waals surface area (Å²) in [5.41, 5.74) is 0.714. The highest BCUT2D eigenvalue weighted by Gasteiger charge is 2.17. The van der Waals surface area contributed by atoms with Crippen molar-refractivity contribution in [2.45, 2.75) is 17.9 Å². The third-order valence-electron chi connectivity index (χ3n) is 3.89. The number of hydrogen-bond acceptors (Lipinski definition) is 6. The summed E-state index contributed by atoms with van der Waals surface area (Å²) >= 11 is 0. The largest absolute Gasteiger partial charge is 0.496 e. The smallest absolute Gasteiger partial charge is 0.387 e. The molecule has 0 fully saturated rings. The Morgan fingerprint density at radius 3 is 2.31 bits per heavy atom. The van der Waals surface area contributed by atoms with Gasteiger partial charge in [-0.3, -0.25) is 4.79 Å². The van der Waals surface area contributed by atoms with Crippen molar-refractivity contribution in [2.75, 3.05) is 20.8 Å². The molecule has 0 spiro atoms. The minimum Gasteiger partial charge on any atom is -0.496 e. The third-order valence-corrected chi connectivity index (χ3v) is 4.80. The van der Waals surface area contributed by atoms with E-state index >= 15 is 0 Å². The van der Waals surface area contributed by atoms with Crippen LogP contribution in [0.25, 0.3) is 0 Å². The molecule has 3 N–H and O–H groups in total. The number of methoxy groups -OCH3 is 2. The fourth-order valence-electron chi connectivity index (χ4n) is 2.52. The van der Waals surface area contributed by atoms with E-state index in [1.165, 1.54) is 38.5 Å². The number of carbonyl (C=O) groups is 1. The molecule has 0 bridgehead atoms. The lowest BCUT2D eigenvalue weighted by atomic mass is 10.1. The summed E-state index contributed by atoms with van der Waals surface area (Å²) in [4.78, 5) is 12.2. The normalized spacial score (nSPS) is 11.2. The lowest BCUT2D eigenvalue weighted by Gasteiger charge is -2.12. The summed E-state index contributed by atoms with van der Waals surface area (Å²) in [6, 6.07) is 8.13. The van der Waals surface area contributed by atoms with Gasteiger partial charge in [0.25, 0.3) is 5.91 Å². The van der Waals surface area contributed by atoms with Gasteiger partial charge in [-0.15, -0.1) is 0 Å². The average Bonchev–Trinajstić information content (AvgIpc) is 2.67. The number of carbonyl (C=O) groups excluding carboxylic acids is 1. The van der Waals surface area contributed by atoms with Gasteiger partial charge in [-0.25, -0.2) is 13.6 Å². The minimum absolute atomic E-state index is 0.0114. The molecule has 0 aliphatic heterocycles. The number of primary sulfonamides is 1. The topological polar surface area (TPSA) is 117 Å². The molecule has 0 unspecified atom stereocenters. The van der Waals surface area contributed by atoms with Gasteiger partial charge in [0, 0.05) is 6.54 Å². The summed E-state index contributed by atoms with van der Waals surface area (Å²) in [7, 11) is -1.31. The molecule has 0 atom stereocenters. The molecule has 0 saturated carbocycles. The van der Waals surface area contributed by atoms with Crippen LogP contribution >= 0.6 is 0 Å². The number of amides is 1. The summed E-state index contributed by atoms with van der Waals surface area (Å²) in [6.45, 7) is -2.79. The number of sulfonamides is 1. The summed E-state index contributed by atoms with van der Waals surface area (Å²) in [5.74, 6) is -0.335. The Balaban J connectivity index is 2.08. The van der Waals surface area contributed by atoms with Crippen molar-refractivity contribution < 1.29 is 36.2 Å². The summed E-state index contributed by atoms with van der Waals surface area (Å²) < 4.78 is 62.2. The Morgan fingerprint density at radius 2 is 1.72 bits per heavy atom. The zero-order valence-corrected chi connectivity index (χ0v) is 16.5. The molecule has 0 aliphatic carbocycles. The fourth-order valence-corrected chi connectivity index (χ4v) is 3.06. The van der Waals surface area contributed by atoms with E-state index < -0.39 is 22.5 Å². The summed E-state index contributed by atoms with van der Waals surface area (Å²) in [6.07, 6.45) is 0.355. The van der Waals surface area contributed by atoms with Gasteiger partial charge < -0.3 is 19.5 Å². The van der Waals surface area contributed by atoms with Gasteiger partial charge in [-0.1, -0.05) is 6.07 Å². The van der Waals surface area contributed by atoms with Gasteiger partial charge in [0.2, 0.25) is 10.0 Å². The first-order valence-electron chi connectivity index (χ1n) is 8.26. The molecule has 158 valence electrons. The second-order valence-corrected chi connectivity index (χ2v) is 7.34. The molecule has 0 radical (unpaired) electrons. The Morgan fingerprint density at radius 1 is 1.07 bits per heavy atom. The van der Waals surface area contributed by atoms with E-state index in [1.807, 2.05) is 0 Å². The quantitative estimate of drug-likeness (QED) is 0.628. The molecule has 1 amide bonds. The first-order valence-corrected chi connectivity index (χ1v) is 9.81. The number of hydrogen-bond donors (Lipinski definition) is 2. The number of nitrogens with one attached hydrogen (secondary N) is 1. The van der Waals surface area contributed by atoms with Crippen LogP contribution in [0.4, 0.5) is 8.78 Å².